The van der Waals surface area contributed by atoms with E-state index in [0.717, 1.165) is 5.69 Å². The molecule has 0 radical (unpaired) electrons. The highest BCUT2D eigenvalue weighted by Crippen LogP contribution is 2.36. The summed E-state index contributed by atoms with van der Waals surface area (Å²) in [5, 5.41) is 0.980. The summed E-state index contributed by atoms with van der Waals surface area (Å²) in [7, 11) is 1.62. The zero-order valence-electron chi connectivity index (χ0n) is 10.9. The van der Waals surface area contributed by atoms with Crippen molar-refractivity contribution in [2.75, 3.05) is 0 Å². The van der Waals surface area contributed by atoms with Crippen LogP contribution in [0.1, 0.15) is 5.69 Å². The minimum Gasteiger partial charge on any atom is -0.359 e. The first kappa shape index (κ1) is 14.4. The number of halogens is 2. The van der Waals surface area contributed by atoms with Crippen molar-refractivity contribution in [2.24, 2.45) is 0 Å². The van der Waals surface area contributed by atoms with Crippen molar-refractivity contribution in [1.29, 1.82) is 0 Å². The third-order valence-corrected chi connectivity index (χ3v) is 4.85. The summed E-state index contributed by atoms with van der Waals surface area (Å²) in [5.41, 5.74) is 2.77. The van der Waals surface area contributed by atoms with Gasteiger partial charge in [0.05, 0.1) is 16.2 Å². The predicted octanol–water partition coefficient (Wildman–Crippen LogP) is 4.12. The maximum absolute atomic E-state index is 11.6. The zero-order valence-corrected chi connectivity index (χ0v) is 13.2. The molecule has 7 heteroatoms. The van der Waals surface area contributed by atoms with E-state index >= 15 is 0 Å². The first-order chi connectivity index (χ1) is 9.88. The molecule has 1 N–H and O–H groups in total. The molecule has 2 heterocycles. The number of H-pyrrole nitrogens is 1. The lowest BCUT2D eigenvalue weighted by Gasteiger charge is -2.07. The van der Waals surface area contributed by atoms with Gasteiger partial charge >= 0.3 is 0 Å². The van der Waals surface area contributed by atoms with Gasteiger partial charge in [0.25, 0.3) is 9.05 Å². The van der Waals surface area contributed by atoms with Crippen molar-refractivity contribution in [2.45, 2.75) is 11.8 Å². The number of hydrogen-bond acceptors (Lipinski definition) is 3. The van der Waals surface area contributed by atoms with E-state index in [0.29, 0.717) is 27.2 Å². The Bertz CT molecular complexity index is 949. The predicted molar refractivity (Wildman–Crippen MR) is 84.3 cm³/mol. The first-order valence-corrected chi connectivity index (χ1v) is 8.75. The fourth-order valence-electron chi connectivity index (χ4n) is 2.28. The van der Waals surface area contributed by atoms with Crippen LogP contribution in [0.4, 0.5) is 0 Å². The SMILES string of the molecule is Cc1cccc(-c2c(Cl)ccc3c(S(=O)(=O)Cl)c[nH]c23)n1. The zero-order chi connectivity index (χ0) is 15.2. The molecular weight excluding hydrogens is 331 g/mol. The number of nitrogens with one attached hydrogen (secondary N) is 1. The van der Waals surface area contributed by atoms with Gasteiger partial charge in [0, 0.05) is 33.5 Å². The fraction of sp³-hybridized carbons (Fsp3) is 0.0714. The average molecular weight is 341 g/mol. The molecule has 0 aliphatic heterocycles. The van der Waals surface area contributed by atoms with E-state index < -0.39 is 9.05 Å². The summed E-state index contributed by atoms with van der Waals surface area (Å²) in [6, 6.07) is 8.84. The van der Waals surface area contributed by atoms with Crippen molar-refractivity contribution in [3.8, 4) is 11.3 Å². The van der Waals surface area contributed by atoms with Crippen LogP contribution in [0.2, 0.25) is 5.02 Å². The summed E-state index contributed by atoms with van der Waals surface area (Å²) in [4.78, 5) is 7.41. The van der Waals surface area contributed by atoms with Crippen LogP contribution in [0.5, 0.6) is 0 Å². The van der Waals surface area contributed by atoms with E-state index in [1.807, 2.05) is 25.1 Å². The molecule has 0 atom stereocenters. The van der Waals surface area contributed by atoms with Gasteiger partial charge in [0.1, 0.15) is 4.90 Å². The van der Waals surface area contributed by atoms with Crippen molar-refractivity contribution in [3.63, 3.8) is 0 Å². The van der Waals surface area contributed by atoms with Gasteiger partial charge in [-0.1, -0.05) is 17.7 Å². The maximum atomic E-state index is 11.6. The molecule has 0 fully saturated rings. The molecule has 0 spiro atoms. The van der Waals surface area contributed by atoms with Gasteiger partial charge in [-0.15, -0.1) is 0 Å². The number of nitrogens with zero attached hydrogens (tertiary/aromatic N) is 1. The topological polar surface area (TPSA) is 62.8 Å². The Hall–Kier alpha value is -1.56. The number of rotatable bonds is 2. The molecule has 1 aromatic carbocycles. The third-order valence-electron chi connectivity index (χ3n) is 3.17. The molecule has 0 aliphatic rings. The van der Waals surface area contributed by atoms with Gasteiger partial charge in [0.15, 0.2) is 0 Å². The lowest BCUT2D eigenvalue weighted by atomic mass is 10.1. The number of fused-ring (bicyclic) bond motifs is 1. The monoisotopic (exact) mass is 340 g/mol. The van der Waals surface area contributed by atoms with E-state index in [1.54, 1.807) is 12.1 Å². The Morgan fingerprint density at radius 2 is 1.95 bits per heavy atom. The van der Waals surface area contributed by atoms with Crippen LogP contribution in [0.15, 0.2) is 41.4 Å². The van der Waals surface area contributed by atoms with Crippen molar-refractivity contribution >= 4 is 42.2 Å². The van der Waals surface area contributed by atoms with Crippen LogP contribution in [0.25, 0.3) is 22.2 Å². The molecule has 21 heavy (non-hydrogen) atoms. The molecule has 0 aliphatic carbocycles. The molecule has 3 rings (SSSR count). The molecule has 3 aromatic rings. The molecule has 108 valence electrons. The lowest BCUT2D eigenvalue weighted by molar-refractivity contribution is 0.610. The largest absolute Gasteiger partial charge is 0.359 e. The minimum absolute atomic E-state index is 0.0322. The van der Waals surface area contributed by atoms with Crippen LogP contribution in [-0.4, -0.2) is 18.4 Å². The minimum atomic E-state index is -3.83. The summed E-state index contributed by atoms with van der Waals surface area (Å²) in [6.07, 6.45) is 1.36. The molecule has 0 bridgehead atoms. The van der Waals surface area contributed by atoms with E-state index in [1.165, 1.54) is 6.20 Å². The van der Waals surface area contributed by atoms with Crippen LogP contribution >= 0.6 is 22.3 Å². The normalized spacial score (nSPS) is 12.0. The Morgan fingerprint density at radius 1 is 1.19 bits per heavy atom. The van der Waals surface area contributed by atoms with E-state index in [4.69, 9.17) is 22.3 Å². The standard InChI is InChI=1S/C14H10Cl2N2O2S/c1-8-3-2-4-11(18-8)13-10(15)6-5-9-12(21(16,19)20)7-17-14(9)13/h2-7,17H,1H3. The Morgan fingerprint density at radius 3 is 2.62 bits per heavy atom. The highest BCUT2D eigenvalue weighted by Gasteiger charge is 2.20. The van der Waals surface area contributed by atoms with Gasteiger partial charge in [-0.3, -0.25) is 4.98 Å². The van der Waals surface area contributed by atoms with Crippen molar-refractivity contribution in [1.82, 2.24) is 9.97 Å². The third kappa shape index (κ3) is 2.52. The van der Waals surface area contributed by atoms with Crippen molar-refractivity contribution in [3.05, 3.63) is 47.2 Å². The smallest absolute Gasteiger partial charge is 0.263 e. The van der Waals surface area contributed by atoms with E-state index in [-0.39, 0.29) is 4.90 Å². The quantitative estimate of drug-likeness (QED) is 0.713. The second-order valence-corrected chi connectivity index (χ2v) is 7.54. The van der Waals surface area contributed by atoms with E-state index in [2.05, 4.69) is 9.97 Å². The van der Waals surface area contributed by atoms with Crippen molar-refractivity contribution < 1.29 is 8.42 Å². The molecular formula is C14H10Cl2N2O2S. The number of aromatic nitrogens is 2. The second-order valence-electron chi connectivity index (χ2n) is 4.60. The Balaban J connectivity index is 2.38. The number of pyridine rings is 1. The highest BCUT2D eigenvalue weighted by molar-refractivity contribution is 8.14. The molecule has 0 saturated heterocycles. The van der Waals surface area contributed by atoms with Gasteiger partial charge in [-0.05, 0) is 31.2 Å². The summed E-state index contributed by atoms with van der Waals surface area (Å²) in [6.45, 7) is 1.88. The first-order valence-electron chi connectivity index (χ1n) is 6.06. The maximum Gasteiger partial charge on any atom is 0.263 e. The number of aryl methyl sites for hydroxylation is 1. The summed E-state index contributed by atoms with van der Waals surface area (Å²) >= 11 is 6.27. The molecule has 4 nitrogen and oxygen atoms in total. The van der Waals surface area contributed by atoms with Gasteiger partial charge in [0.2, 0.25) is 0 Å². The van der Waals surface area contributed by atoms with Crippen LogP contribution in [-0.2, 0) is 9.05 Å². The molecule has 0 saturated carbocycles. The van der Waals surface area contributed by atoms with Crippen LogP contribution < -0.4 is 0 Å². The number of benzene rings is 1. The average Bonchev–Trinajstić information content (AvgIpc) is 2.82. The molecule has 2 aromatic heterocycles. The highest BCUT2D eigenvalue weighted by atomic mass is 35.7. The molecule has 0 amide bonds. The summed E-state index contributed by atoms with van der Waals surface area (Å²) in [5.74, 6) is 0. The number of aromatic amines is 1. The fourth-order valence-corrected chi connectivity index (χ4v) is 3.55. The van der Waals surface area contributed by atoms with Gasteiger partial charge < -0.3 is 4.98 Å². The molecule has 0 unspecified atom stereocenters. The Labute approximate surface area is 131 Å². The second kappa shape index (κ2) is 5.02. The van der Waals surface area contributed by atoms with Crippen LogP contribution in [0, 0.1) is 6.92 Å². The number of hydrogen-bond donors (Lipinski definition) is 1. The lowest BCUT2D eigenvalue weighted by Crippen LogP contribution is -1.90. The van der Waals surface area contributed by atoms with Gasteiger partial charge in [-0.2, -0.15) is 0 Å². The Kier molecular flexibility index (Phi) is 3.43. The van der Waals surface area contributed by atoms with Crippen LogP contribution in [0.3, 0.4) is 0 Å². The van der Waals surface area contributed by atoms with Gasteiger partial charge in [-0.25, -0.2) is 8.42 Å². The summed E-state index contributed by atoms with van der Waals surface area (Å²) < 4.78 is 23.2. The van der Waals surface area contributed by atoms with E-state index in [9.17, 15) is 8.42 Å².